The Morgan fingerprint density at radius 1 is 0.735 bits per heavy atom. The zero-order chi connectivity index (χ0) is 49.4. The summed E-state index contributed by atoms with van der Waals surface area (Å²) in [6, 6.07) is 18.9. The molecule has 0 aliphatic carbocycles. The normalized spacial score (nSPS) is 18.0. The van der Waals surface area contributed by atoms with Gasteiger partial charge in [0.05, 0.1) is 32.3 Å². The summed E-state index contributed by atoms with van der Waals surface area (Å²) in [5, 5.41) is 11.9. The standard InChI is InChI=1S/C54H71N5O9/c1-9-10-21-48(61)68-49-38(6)30-42(31-39(49)7)33-59(24-26-66-27-25-59)34-47(60)55-43(23-22-40-17-13-11-14-18-40)51(63)57-45(29-37(4)5)52(64)58-46(32-41-19-15-12-16-20-41)53(65)56-44(28-36(2)3)50(62)54(8)35-67-54/h1,11-20,30-31,36-37,43-46H,10,21-29,32-35H2,2-8H3,(H3-,55,56,57,58,60,63,64,65)/p+1/t43-,44-,45-,46-,54+/m0/s1. The van der Waals surface area contributed by atoms with Crippen LogP contribution >= 0.6 is 0 Å². The van der Waals surface area contributed by atoms with Gasteiger partial charge in [-0.25, -0.2) is 0 Å². The van der Waals surface area contributed by atoms with Crippen LogP contribution in [0.5, 0.6) is 5.75 Å². The summed E-state index contributed by atoms with van der Waals surface area (Å²) in [5.74, 6) is 0.476. The summed E-state index contributed by atoms with van der Waals surface area (Å²) < 4.78 is 17.3. The number of aryl methyl sites for hydroxylation is 3. The van der Waals surface area contributed by atoms with Crippen molar-refractivity contribution in [1.82, 2.24) is 21.3 Å². The zero-order valence-electron chi connectivity index (χ0n) is 41.0. The Morgan fingerprint density at radius 2 is 1.26 bits per heavy atom. The third kappa shape index (κ3) is 16.1. The van der Waals surface area contributed by atoms with Crippen LogP contribution in [-0.4, -0.2) is 109 Å². The van der Waals surface area contributed by atoms with E-state index >= 15 is 0 Å². The molecule has 0 spiro atoms. The lowest BCUT2D eigenvalue weighted by atomic mass is 9.93. The molecular formula is C54H72N5O9+. The van der Waals surface area contributed by atoms with Crippen LogP contribution in [0, 0.1) is 38.0 Å². The monoisotopic (exact) mass is 935 g/mol. The number of hydrogen-bond donors (Lipinski definition) is 4. The minimum Gasteiger partial charge on any atom is -0.426 e. The highest BCUT2D eigenvalue weighted by atomic mass is 16.6. The van der Waals surface area contributed by atoms with Crippen LogP contribution in [0.15, 0.2) is 72.8 Å². The number of benzene rings is 3. The van der Waals surface area contributed by atoms with E-state index < -0.39 is 53.5 Å². The minimum atomic E-state index is -1.08. The number of rotatable bonds is 25. The molecule has 0 unspecified atom stereocenters. The number of morpholine rings is 1. The Morgan fingerprint density at radius 3 is 1.84 bits per heavy atom. The van der Waals surface area contributed by atoms with E-state index in [2.05, 4.69) is 27.2 Å². The van der Waals surface area contributed by atoms with Crippen molar-refractivity contribution in [3.05, 3.63) is 101 Å². The number of hydrogen-bond acceptors (Lipinski definition) is 9. The molecule has 0 radical (unpaired) electrons. The second kappa shape index (κ2) is 24.9. The Hall–Kier alpha value is -5.88. The number of quaternary nitrogens is 1. The number of carbonyl (C=O) groups excluding carboxylic acids is 6. The van der Waals surface area contributed by atoms with Crippen LogP contribution in [0.25, 0.3) is 0 Å². The maximum Gasteiger partial charge on any atom is 0.312 e. The summed E-state index contributed by atoms with van der Waals surface area (Å²) in [6.45, 7) is 16.2. The number of Topliss-reactive ketones (excluding diaryl/α,β-unsaturated/α-hetero) is 1. The second-order valence-electron chi connectivity index (χ2n) is 19.6. The molecule has 2 fully saturated rings. The van der Waals surface area contributed by atoms with E-state index in [1.165, 1.54) is 0 Å². The van der Waals surface area contributed by atoms with E-state index in [0.29, 0.717) is 55.9 Å². The number of nitrogens with zero attached hydrogens (tertiary/aromatic N) is 1. The lowest BCUT2D eigenvalue weighted by Crippen LogP contribution is -2.61. The van der Waals surface area contributed by atoms with Crippen LogP contribution in [-0.2, 0) is 57.6 Å². The molecule has 3 aromatic carbocycles. The van der Waals surface area contributed by atoms with Crippen molar-refractivity contribution < 1.29 is 47.5 Å². The van der Waals surface area contributed by atoms with Crippen molar-refractivity contribution in [1.29, 1.82) is 0 Å². The van der Waals surface area contributed by atoms with Gasteiger partial charge in [0.15, 0.2) is 12.3 Å². The number of ketones is 1. The van der Waals surface area contributed by atoms with E-state index in [0.717, 1.165) is 27.8 Å². The van der Waals surface area contributed by atoms with Crippen LogP contribution in [0.4, 0.5) is 0 Å². The fourth-order valence-electron chi connectivity index (χ4n) is 8.79. The summed E-state index contributed by atoms with van der Waals surface area (Å²) >= 11 is 0. The first-order valence-corrected chi connectivity index (χ1v) is 24.0. The second-order valence-corrected chi connectivity index (χ2v) is 19.6. The van der Waals surface area contributed by atoms with E-state index in [1.54, 1.807) is 6.92 Å². The minimum absolute atomic E-state index is 0.0373. The smallest absolute Gasteiger partial charge is 0.312 e. The fourth-order valence-corrected chi connectivity index (χ4v) is 8.79. The Bertz CT molecular complexity index is 2220. The van der Waals surface area contributed by atoms with Crippen LogP contribution in [0.3, 0.4) is 0 Å². The molecule has 3 aromatic rings. The van der Waals surface area contributed by atoms with Crippen molar-refractivity contribution in [2.45, 2.75) is 130 Å². The average Bonchev–Trinajstić information content (AvgIpc) is 4.05. The van der Waals surface area contributed by atoms with Crippen molar-refractivity contribution in [2.24, 2.45) is 11.8 Å². The molecule has 4 N–H and O–H groups in total. The third-order valence-corrected chi connectivity index (χ3v) is 12.5. The van der Waals surface area contributed by atoms with Gasteiger partial charge in [0.25, 0.3) is 5.91 Å². The molecule has 0 saturated carbocycles. The average molecular weight is 935 g/mol. The summed E-state index contributed by atoms with van der Waals surface area (Å²) in [5.41, 5.74) is 3.37. The van der Waals surface area contributed by atoms with Crippen molar-refractivity contribution >= 4 is 35.4 Å². The summed E-state index contributed by atoms with van der Waals surface area (Å²) in [4.78, 5) is 83.4. The zero-order valence-corrected chi connectivity index (χ0v) is 41.0. The number of ether oxygens (including phenoxy) is 3. The molecule has 0 bridgehead atoms. The first-order chi connectivity index (χ1) is 32.4. The highest BCUT2D eigenvalue weighted by Gasteiger charge is 2.50. The lowest BCUT2D eigenvalue weighted by Gasteiger charge is -2.41. The van der Waals surface area contributed by atoms with Gasteiger partial charge in [-0.2, -0.15) is 0 Å². The van der Waals surface area contributed by atoms with Gasteiger partial charge in [-0.3, -0.25) is 28.8 Å². The first kappa shape index (κ1) is 53.1. The predicted molar refractivity (Wildman–Crippen MR) is 260 cm³/mol. The molecular weight excluding hydrogens is 863 g/mol. The lowest BCUT2D eigenvalue weighted by molar-refractivity contribution is -0.940. The van der Waals surface area contributed by atoms with Crippen molar-refractivity contribution in [3.63, 3.8) is 0 Å². The molecule has 14 nitrogen and oxygen atoms in total. The molecule has 5 rings (SSSR count). The molecule has 2 aliphatic heterocycles. The Labute approximate surface area is 402 Å². The van der Waals surface area contributed by atoms with Gasteiger partial charge < -0.3 is 40.0 Å². The SMILES string of the molecule is C#CCCC(=O)Oc1c(C)cc(C[N+]2(CC(=O)N[C@@H](CCc3ccccc3)C(=O)N[C@@H](CC(C)C)C(=O)N[C@@H](Cc3ccccc3)C(=O)N[C@@H](CC(C)C)C(=O)[C@@]3(C)CO3)CCOCC2)cc1C. The molecule has 68 heavy (non-hydrogen) atoms. The predicted octanol–water partition coefficient (Wildman–Crippen LogP) is 5.23. The van der Waals surface area contributed by atoms with Gasteiger partial charge in [-0.05, 0) is 92.7 Å². The topological polar surface area (TPSA) is 182 Å². The van der Waals surface area contributed by atoms with E-state index in [9.17, 15) is 28.8 Å². The molecule has 4 amide bonds. The molecule has 2 saturated heterocycles. The highest BCUT2D eigenvalue weighted by Crippen LogP contribution is 2.30. The van der Waals surface area contributed by atoms with Gasteiger partial charge in [-0.1, -0.05) is 88.4 Å². The van der Waals surface area contributed by atoms with Crippen LogP contribution < -0.4 is 26.0 Å². The third-order valence-electron chi connectivity index (χ3n) is 12.5. The van der Waals surface area contributed by atoms with Gasteiger partial charge >= 0.3 is 5.97 Å². The number of nitrogens with one attached hydrogen (secondary N) is 4. The van der Waals surface area contributed by atoms with E-state index in [4.69, 9.17) is 20.6 Å². The molecule has 2 aliphatic rings. The molecule has 2 heterocycles. The van der Waals surface area contributed by atoms with Crippen molar-refractivity contribution in [2.75, 3.05) is 39.5 Å². The number of carbonyl (C=O) groups is 6. The molecule has 14 heteroatoms. The number of epoxide rings is 1. The van der Waals surface area contributed by atoms with Gasteiger partial charge in [0, 0.05) is 18.4 Å². The molecule has 0 aromatic heterocycles. The quantitative estimate of drug-likeness (QED) is 0.0291. The summed E-state index contributed by atoms with van der Waals surface area (Å²) in [6.07, 6.45) is 7.27. The number of esters is 1. The number of amides is 4. The maximum atomic E-state index is 14.5. The Kier molecular flexibility index (Phi) is 19.5. The van der Waals surface area contributed by atoms with Crippen LogP contribution in [0.1, 0.15) is 94.5 Å². The fraction of sp³-hybridized carbons (Fsp3) is 0.519. The summed E-state index contributed by atoms with van der Waals surface area (Å²) in [7, 11) is 0. The highest BCUT2D eigenvalue weighted by molar-refractivity contribution is 5.99. The van der Waals surface area contributed by atoms with E-state index in [-0.39, 0.29) is 68.8 Å². The maximum absolute atomic E-state index is 14.5. The van der Waals surface area contributed by atoms with Gasteiger partial charge in [0.2, 0.25) is 17.7 Å². The van der Waals surface area contributed by atoms with E-state index in [1.807, 2.05) is 114 Å². The van der Waals surface area contributed by atoms with Crippen molar-refractivity contribution in [3.8, 4) is 18.1 Å². The van der Waals surface area contributed by atoms with Crippen LogP contribution in [0.2, 0.25) is 0 Å². The number of terminal acetylenes is 1. The first-order valence-electron chi connectivity index (χ1n) is 24.0. The Balaban J connectivity index is 1.35. The van der Waals surface area contributed by atoms with Gasteiger partial charge in [0.1, 0.15) is 49.1 Å². The molecule has 5 atom stereocenters. The van der Waals surface area contributed by atoms with Gasteiger partial charge in [-0.15, -0.1) is 12.3 Å². The molecule has 366 valence electrons. The largest absolute Gasteiger partial charge is 0.426 e.